The Morgan fingerprint density at radius 2 is 2.20 bits per heavy atom. The van der Waals surface area contributed by atoms with Gasteiger partial charge in [-0.2, -0.15) is 0 Å². The molecular weight excluding hydrogens is 254 g/mol. The Hall–Kier alpha value is -2.37. The average Bonchev–Trinajstić information content (AvgIpc) is 2.90. The van der Waals surface area contributed by atoms with E-state index < -0.39 is 0 Å². The van der Waals surface area contributed by atoms with Gasteiger partial charge in [-0.05, 0) is 30.9 Å². The van der Waals surface area contributed by atoms with Crippen LogP contribution in [0.25, 0.3) is 11.4 Å². The predicted octanol–water partition coefficient (Wildman–Crippen LogP) is 1.64. The number of rotatable bonds is 2. The standard InChI is InChI=1S/C14H15N5O/c15-14-16-5-4-9(18-14)10-6-8-12(17-10)11(19-13(8)20)7-2-1-3-7/h4-7,11,17H,1-3H2,(H,19,20)(H2,15,16,18). The fourth-order valence-electron chi connectivity index (χ4n) is 2.98. The second kappa shape index (κ2) is 4.06. The summed E-state index contributed by atoms with van der Waals surface area (Å²) >= 11 is 0. The van der Waals surface area contributed by atoms with Crippen LogP contribution in [0.5, 0.6) is 0 Å². The molecule has 2 aliphatic rings. The fourth-order valence-corrected chi connectivity index (χ4v) is 2.98. The van der Waals surface area contributed by atoms with Crippen molar-refractivity contribution < 1.29 is 4.79 Å². The minimum atomic E-state index is 0.00132. The summed E-state index contributed by atoms with van der Waals surface area (Å²) in [7, 11) is 0. The first-order valence-corrected chi connectivity index (χ1v) is 6.85. The molecule has 6 nitrogen and oxygen atoms in total. The lowest BCUT2D eigenvalue weighted by Crippen LogP contribution is -2.30. The number of nitrogens with zero attached hydrogens (tertiary/aromatic N) is 2. The van der Waals surface area contributed by atoms with Crippen LogP contribution in [0, 0.1) is 5.92 Å². The molecule has 0 aromatic carbocycles. The third-order valence-corrected chi connectivity index (χ3v) is 4.26. The first kappa shape index (κ1) is 11.5. The van der Waals surface area contributed by atoms with E-state index in [-0.39, 0.29) is 17.9 Å². The number of H-pyrrole nitrogens is 1. The molecule has 1 atom stereocenters. The van der Waals surface area contributed by atoms with E-state index in [2.05, 4.69) is 20.3 Å². The van der Waals surface area contributed by atoms with Crippen LogP contribution in [0.1, 0.15) is 41.4 Å². The maximum absolute atomic E-state index is 12.0. The number of carbonyl (C=O) groups excluding carboxylic acids is 1. The van der Waals surface area contributed by atoms with Crippen LogP contribution >= 0.6 is 0 Å². The zero-order valence-corrected chi connectivity index (χ0v) is 10.9. The van der Waals surface area contributed by atoms with Crippen molar-refractivity contribution >= 4 is 11.9 Å². The molecule has 1 aliphatic carbocycles. The molecule has 0 saturated heterocycles. The van der Waals surface area contributed by atoms with E-state index in [9.17, 15) is 4.79 Å². The molecule has 2 aromatic rings. The molecule has 1 fully saturated rings. The van der Waals surface area contributed by atoms with Gasteiger partial charge in [0, 0.05) is 6.20 Å². The normalized spacial score (nSPS) is 21.4. The van der Waals surface area contributed by atoms with Gasteiger partial charge in [-0.3, -0.25) is 4.79 Å². The number of amides is 1. The molecule has 1 unspecified atom stereocenters. The van der Waals surface area contributed by atoms with Gasteiger partial charge in [0.25, 0.3) is 5.91 Å². The third-order valence-electron chi connectivity index (χ3n) is 4.26. The first-order valence-electron chi connectivity index (χ1n) is 6.85. The highest BCUT2D eigenvalue weighted by Crippen LogP contribution is 2.42. The Labute approximate surface area is 115 Å². The number of aromatic nitrogens is 3. The van der Waals surface area contributed by atoms with E-state index in [0.29, 0.717) is 11.6 Å². The van der Waals surface area contributed by atoms with E-state index in [1.165, 1.54) is 19.3 Å². The number of fused-ring (bicyclic) bond motifs is 1. The first-order chi connectivity index (χ1) is 9.72. The summed E-state index contributed by atoms with van der Waals surface area (Å²) < 4.78 is 0. The minimum absolute atomic E-state index is 0.00132. The molecule has 4 N–H and O–H groups in total. The van der Waals surface area contributed by atoms with E-state index in [4.69, 9.17) is 5.73 Å². The lowest BCUT2D eigenvalue weighted by molar-refractivity contribution is 0.0931. The molecule has 1 saturated carbocycles. The minimum Gasteiger partial charge on any atom is -0.368 e. The Bertz CT molecular complexity index is 689. The molecule has 0 radical (unpaired) electrons. The van der Waals surface area contributed by atoms with Crippen molar-refractivity contribution in [3.63, 3.8) is 0 Å². The van der Waals surface area contributed by atoms with Gasteiger partial charge in [-0.25, -0.2) is 9.97 Å². The number of aromatic amines is 1. The van der Waals surface area contributed by atoms with Crippen LogP contribution in [0.15, 0.2) is 18.3 Å². The number of nitrogen functional groups attached to an aromatic ring is 1. The molecule has 2 aromatic heterocycles. The lowest BCUT2D eigenvalue weighted by atomic mass is 9.79. The van der Waals surface area contributed by atoms with Crippen molar-refractivity contribution in [2.75, 3.05) is 5.73 Å². The van der Waals surface area contributed by atoms with Gasteiger partial charge in [0.05, 0.1) is 28.7 Å². The average molecular weight is 269 g/mol. The summed E-state index contributed by atoms with van der Waals surface area (Å²) in [6, 6.07) is 3.76. The van der Waals surface area contributed by atoms with Crippen molar-refractivity contribution in [1.82, 2.24) is 20.3 Å². The van der Waals surface area contributed by atoms with Gasteiger partial charge in [0.15, 0.2) is 0 Å². The van der Waals surface area contributed by atoms with Crippen molar-refractivity contribution in [3.8, 4) is 11.4 Å². The van der Waals surface area contributed by atoms with Crippen LogP contribution in [0.2, 0.25) is 0 Å². The van der Waals surface area contributed by atoms with Gasteiger partial charge in [0.2, 0.25) is 5.95 Å². The number of nitrogens with one attached hydrogen (secondary N) is 2. The summed E-state index contributed by atoms with van der Waals surface area (Å²) in [5.41, 5.74) is 8.87. The third kappa shape index (κ3) is 1.61. The Balaban J connectivity index is 1.75. The van der Waals surface area contributed by atoms with Crippen molar-refractivity contribution in [1.29, 1.82) is 0 Å². The van der Waals surface area contributed by atoms with Gasteiger partial charge < -0.3 is 16.0 Å². The number of nitrogens with two attached hydrogens (primary N) is 1. The quantitative estimate of drug-likeness (QED) is 0.772. The summed E-state index contributed by atoms with van der Waals surface area (Å²) in [6.07, 6.45) is 5.23. The maximum Gasteiger partial charge on any atom is 0.253 e. The molecule has 20 heavy (non-hydrogen) atoms. The largest absolute Gasteiger partial charge is 0.368 e. The molecule has 0 spiro atoms. The Kier molecular flexibility index (Phi) is 2.33. The Morgan fingerprint density at radius 3 is 2.90 bits per heavy atom. The smallest absolute Gasteiger partial charge is 0.253 e. The summed E-state index contributed by atoms with van der Waals surface area (Å²) in [5.74, 6) is 0.792. The molecule has 0 bridgehead atoms. The fraction of sp³-hybridized carbons (Fsp3) is 0.357. The van der Waals surface area contributed by atoms with Gasteiger partial charge >= 0.3 is 0 Å². The molecule has 1 aliphatic heterocycles. The van der Waals surface area contributed by atoms with E-state index in [0.717, 1.165) is 17.0 Å². The van der Waals surface area contributed by atoms with Crippen molar-refractivity contribution in [2.24, 2.45) is 5.92 Å². The zero-order valence-electron chi connectivity index (χ0n) is 10.9. The second-order valence-corrected chi connectivity index (χ2v) is 5.45. The topological polar surface area (TPSA) is 96.7 Å². The van der Waals surface area contributed by atoms with E-state index in [1.807, 2.05) is 6.07 Å². The summed E-state index contributed by atoms with van der Waals surface area (Å²) in [6.45, 7) is 0. The monoisotopic (exact) mass is 269 g/mol. The van der Waals surface area contributed by atoms with Gasteiger partial charge in [-0.15, -0.1) is 0 Å². The predicted molar refractivity (Wildman–Crippen MR) is 73.8 cm³/mol. The molecular formula is C14H15N5O. The van der Waals surface area contributed by atoms with Crippen molar-refractivity contribution in [3.05, 3.63) is 29.6 Å². The molecule has 4 rings (SSSR count). The van der Waals surface area contributed by atoms with Crippen molar-refractivity contribution in [2.45, 2.75) is 25.3 Å². The Morgan fingerprint density at radius 1 is 1.35 bits per heavy atom. The number of anilines is 1. The lowest BCUT2D eigenvalue weighted by Gasteiger charge is -2.31. The highest BCUT2D eigenvalue weighted by atomic mass is 16.2. The number of hydrogen-bond donors (Lipinski definition) is 3. The highest BCUT2D eigenvalue weighted by Gasteiger charge is 2.38. The molecule has 6 heteroatoms. The summed E-state index contributed by atoms with van der Waals surface area (Å²) in [5, 5.41) is 3.06. The van der Waals surface area contributed by atoms with Crippen LogP contribution in [-0.4, -0.2) is 20.9 Å². The SMILES string of the molecule is Nc1nccc(-c2cc3c([nH]2)C(C2CCC2)NC3=O)n1. The number of carbonyl (C=O) groups is 1. The van der Waals surface area contributed by atoms with Crippen LogP contribution in [-0.2, 0) is 0 Å². The van der Waals surface area contributed by atoms with Crippen LogP contribution < -0.4 is 11.1 Å². The molecule has 3 heterocycles. The second-order valence-electron chi connectivity index (χ2n) is 5.45. The van der Waals surface area contributed by atoms with Gasteiger partial charge in [0.1, 0.15) is 0 Å². The van der Waals surface area contributed by atoms with E-state index in [1.54, 1.807) is 12.3 Å². The maximum atomic E-state index is 12.0. The zero-order chi connectivity index (χ0) is 13.7. The van der Waals surface area contributed by atoms with Crippen LogP contribution in [0.3, 0.4) is 0 Å². The highest BCUT2D eigenvalue weighted by molar-refractivity contribution is 6.00. The molecule has 1 amide bonds. The van der Waals surface area contributed by atoms with E-state index >= 15 is 0 Å². The molecule has 102 valence electrons. The van der Waals surface area contributed by atoms with Gasteiger partial charge in [-0.1, -0.05) is 6.42 Å². The number of hydrogen-bond acceptors (Lipinski definition) is 4. The summed E-state index contributed by atoms with van der Waals surface area (Å²) in [4.78, 5) is 23.5. The van der Waals surface area contributed by atoms with Crippen LogP contribution in [0.4, 0.5) is 5.95 Å².